The predicted octanol–water partition coefficient (Wildman–Crippen LogP) is 2.29. The summed E-state index contributed by atoms with van der Waals surface area (Å²) in [6.45, 7) is 10.6. The van der Waals surface area contributed by atoms with Gasteiger partial charge in [-0.2, -0.15) is 0 Å². The minimum atomic E-state index is -0.826. The van der Waals surface area contributed by atoms with Gasteiger partial charge in [0.05, 0.1) is 11.9 Å². The first-order chi connectivity index (χ1) is 12.8. The van der Waals surface area contributed by atoms with Crippen molar-refractivity contribution in [1.82, 2.24) is 14.9 Å². The zero-order valence-electron chi connectivity index (χ0n) is 16.1. The normalized spacial score (nSPS) is 12.5. The van der Waals surface area contributed by atoms with Crippen molar-refractivity contribution in [3.8, 4) is 0 Å². The van der Waals surface area contributed by atoms with Crippen molar-refractivity contribution in [3.05, 3.63) is 39.3 Å². The van der Waals surface area contributed by atoms with Crippen LogP contribution in [0.2, 0.25) is 0 Å². The lowest BCUT2D eigenvalue weighted by Gasteiger charge is -2.23. The minimum Gasteiger partial charge on any atom is -0.463 e. The summed E-state index contributed by atoms with van der Waals surface area (Å²) in [6, 6.07) is 0. The fraction of sp³-hybridized carbons (Fsp3) is 0.526. The number of esters is 1. The lowest BCUT2D eigenvalue weighted by Crippen LogP contribution is -2.36. The molecule has 2 aromatic heterocycles. The van der Waals surface area contributed by atoms with Gasteiger partial charge in [0.2, 0.25) is 0 Å². The van der Waals surface area contributed by atoms with Crippen LogP contribution in [0.3, 0.4) is 0 Å². The molecule has 0 radical (unpaired) electrons. The van der Waals surface area contributed by atoms with Crippen molar-refractivity contribution < 1.29 is 14.6 Å². The Labute approximate surface area is 162 Å². The number of rotatable bonds is 10. The average molecular weight is 394 g/mol. The van der Waals surface area contributed by atoms with Crippen LogP contribution in [-0.4, -0.2) is 51.7 Å². The fourth-order valence-corrected chi connectivity index (χ4v) is 3.84. The van der Waals surface area contributed by atoms with Gasteiger partial charge in [0.25, 0.3) is 5.56 Å². The van der Waals surface area contributed by atoms with Crippen LogP contribution in [0.4, 0.5) is 0 Å². The van der Waals surface area contributed by atoms with E-state index in [1.165, 1.54) is 11.3 Å². The van der Waals surface area contributed by atoms with E-state index in [0.29, 0.717) is 37.1 Å². The molecule has 0 unspecified atom stereocenters. The molecule has 2 aromatic rings. The van der Waals surface area contributed by atoms with Crippen LogP contribution >= 0.6 is 11.3 Å². The SMILES string of the molecule is C=CCN(Cc1nc2sc(C)c(C)c2c(=O)[nH]1)C[C@@H](O)COC(=O)CCC. The maximum atomic E-state index is 12.4. The molecule has 148 valence electrons. The Kier molecular flexibility index (Phi) is 7.70. The Bertz CT molecular complexity index is 858. The first-order valence-corrected chi connectivity index (χ1v) is 9.83. The molecule has 0 amide bonds. The van der Waals surface area contributed by atoms with E-state index in [0.717, 1.165) is 15.3 Å². The third-order valence-corrected chi connectivity index (χ3v) is 5.31. The van der Waals surface area contributed by atoms with Gasteiger partial charge in [-0.15, -0.1) is 17.9 Å². The van der Waals surface area contributed by atoms with Crippen molar-refractivity contribution in [2.75, 3.05) is 19.7 Å². The molecule has 0 bridgehead atoms. The van der Waals surface area contributed by atoms with E-state index in [1.807, 2.05) is 25.7 Å². The lowest BCUT2D eigenvalue weighted by molar-refractivity contribution is -0.147. The standard InChI is InChI=1S/C19H27N3O4S/c1-5-7-16(24)26-11-14(23)9-22(8-6-2)10-15-20-18(25)17-12(3)13(4)27-19(17)21-15/h6,14,23H,2,5,7-11H2,1,3-4H3,(H,20,21,25)/t14-/m1/s1. The van der Waals surface area contributed by atoms with E-state index >= 15 is 0 Å². The van der Waals surface area contributed by atoms with Crippen molar-refractivity contribution in [2.45, 2.75) is 46.3 Å². The molecule has 0 aliphatic carbocycles. The van der Waals surface area contributed by atoms with Crippen molar-refractivity contribution in [3.63, 3.8) is 0 Å². The van der Waals surface area contributed by atoms with Crippen molar-refractivity contribution in [2.24, 2.45) is 0 Å². The van der Waals surface area contributed by atoms with Gasteiger partial charge >= 0.3 is 5.97 Å². The van der Waals surface area contributed by atoms with E-state index < -0.39 is 6.10 Å². The summed E-state index contributed by atoms with van der Waals surface area (Å²) in [5, 5.41) is 10.8. The minimum absolute atomic E-state index is 0.0568. The van der Waals surface area contributed by atoms with E-state index in [1.54, 1.807) is 6.08 Å². The molecule has 0 spiro atoms. The number of nitrogens with zero attached hydrogens (tertiary/aromatic N) is 2. The second-order valence-electron chi connectivity index (χ2n) is 6.55. The maximum Gasteiger partial charge on any atom is 0.305 e. The number of aryl methyl sites for hydroxylation is 2. The molecular formula is C19H27N3O4S. The monoisotopic (exact) mass is 393 g/mol. The van der Waals surface area contributed by atoms with Crippen LogP contribution in [0.1, 0.15) is 36.0 Å². The number of nitrogens with one attached hydrogen (secondary N) is 1. The number of carbonyl (C=O) groups is 1. The number of aromatic amines is 1. The molecule has 27 heavy (non-hydrogen) atoms. The molecule has 0 saturated carbocycles. The van der Waals surface area contributed by atoms with Crippen LogP contribution in [0.5, 0.6) is 0 Å². The topological polar surface area (TPSA) is 95.5 Å². The Morgan fingerprint density at radius 3 is 2.89 bits per heavy atom. The van der Waals surface area contributed by atoms with Gasteiger partial charge in [0.15, 0.2) is 0 Å². The molecule has 7 nitrogen and oxygen atoms in total. The van der Waals surface area contributed by atoms with Gasteiger partial charge in [0.1, 0.15) is 23.4 Å². The average Bonchev–Trinajstić information content (AvgIpc) is 2.88. The third kappa shape index (κ3) is 5.72. The van der Waals surface area contributed by atoms with Gasteiger partial charge in [-0.1, -0.05) is 13.0 Å². The zero-order chi connectivity index (χ0) is 20.0. The molecule has 0 aromatic carbocycles. The summed E-state index contributed by atoms with van der Waals surface area (Å²) in [7, 11) is 0. The summed E-state index contributed by atoms with van der Waals surface area (Å²) >= 11 is 1.50. The number of carbonyl (C=O) groups excluding carboxylic acids is 1. The van der Waals surface area contributed by atoms with Gasteiger partial charge in [-0.05, 0) is 25.8 Å². The quantitative estimate of drug-likeness (QED) is 0.475. The Morgan fingerprint density at radius 1 is 1.48 bits per heavy atom. The summed E-state index contributed by atoms with van der Waals surface area (Å²) < 4.78 is 5.05. The molecule has 0 aliphatic heterocycles. The predicted molar refractivity (Wildman–Crippen MR) is 107 cm³/mol. The first-order valence-electron chi connectivity index (χ1n) is 9.01. The molecule has 0 fully saturated rings. The molecule has 0 saturated heterocycles. The zero-order valence-corrected chi connectivity index (χ0v) is 16.9. The van der Waals surface area contributed by atoms with E-state index in [9.17, 15) is 14.7 Å². The molecule has 1 atom stereocenters. The van der Waals surface area contributed by atoms with E-state index in [-0.39, 0.29) is 24.7 Å². The van der Waals surface area contributed by atoms with Gasteiger partial charge in [-0.3, -0.25) is 14.5 Å². The molecule has 0 aliphatic rings. The van der Waals surface area contributed by atoms with Crippen molar-refractivity contribution in [1.29, 1.82) is 0 Å². The van der Waals surface area contributed by atoms with Crippen LogP contribution in [0.25, 0.3) is 10.2 Å². The van der Waals surface area contributed by atoms with E-state index in [4.69, 9.17) is 4.74 Å². The molecule has 2 heterocycles. The largest absolute Gasteiger partial charge is 0.463 e. The molecule has 8 heteroatoms. The lowest BCUT2D eigenvalue weighted by atomic mass is 10.2. The van der Waals surface area contributed by atoms with Crippen LogP contribution in [-0.2, 0) is 16.1 Å². The number of H-pyrrole nitrogens is 1. The van der Waals surface area contributed by atoms with Gasteiger partial charge in [-0.25, -0.2) is 4.98 Å². The van der Waals surface area contributed by atoms with E-state index in [2.05, 4.69) is 16.5 Å². The summed E-state index contributed by atoms with van der Waals surface area (Å²) in [4.78, 5) is 34.9. The summed E-state index contributed by atoms with van der Waals surface area (Å²) in [5.74, 6) is 0.220. The smallest absolute Gasteiger partial charge is 0.305 e. The second-order valence-corrected chi connectivity index (χ2v) is 7.75. The highest BCUT2D eigenvalue weighted by molar-refractivity contribution is 7.18. The first kappa shape index (κ1) is 21.3. The molecule has 2 rings (SSSR count). The molecule has 2 N–H and O–H groups in total. The number of fused-ring (bicyclic) bond motifs is 1. The highest BCUT2D eigenvalue weighted by atomic mass is 32.1. The van der Waals surface area contributed by atoms with Crippen molar-refractivity contribution >= 4 is 27.5 Å². The number of ether oxygens (including phenoxy) is 1. The Morgan fingerprint density at radius 2 is 2.22 bits per heavy atom. The highest BCUT2D eigenvalue weighted by Crippen LogP contribution is 2.25. The van der Waals surface area contributed by atoms with Gasteiger partial charge in [0, 0.05) is 24.4 Å². The number of aliphatic hydroxyl groups excluding tert-OH is 1. The highest BCUT2D eigenvalue weighted by Gasteiger charge is 2.16. The van der Waals surface area contributed by atoms with Crippen LogP contribution in [0.15, 0.2) is 17.4 Å². The van der Waals surface area contributed by atoms with Crippen LogP contribution < -0.4 is 5.56 Å². The number of hydrogen-bond acceptors (Lipinski definition) is 7. The fourth-order valence-electron chi connectivity index (χ4n) is 2.79. The number of aliphatic hydroxyl groups is 1. The maximum absolute atomic E-state index is 12.4. The third-order valence-electron chi connectivity index (χ3n) is 4.21. The Balaban J connectivity index is 2.07. The second kappa shape index (κ2) is 9.77. The number of thiophene rings is 1. The van der Waals surface area contributed by atoms with Gasteiger partial charge < -0.3 is 14.8 Å². The number of aromatic nitrogens is 2. The Hall–Kier alpha value is -2.03. The summed E-state index contributed by atoms with van der Waals surface area (Å²) in [6.07, 6.45) is 1.94. The molecular weight excluding hydrogens is 366 g/mol. The van der Waals surface area contributed by atoms with Crippen LogP contribution in [0, 0.1) is 13.8 Å². The number of hydrogen-bond donors (Lipinski definition) is 2. The summed E-state index contributed by atoms with van der Waals surface area (Å²) in [5.41, 5.74) is 0.812.